The average Bonchev–Trinajstić information content (AvgIpc) is 3.40. The van der Waals surface area contributed by atoms with E-state index < -0.39 is 58.0 Å². The summed E-state index contributed by atoms with van der Waals surface area (Å²) in [5.41, 5.74) is 7.46. The molecule has 0 aromatic heterocycles. The molecule has 1 aromatic carbocycles. The number of benzene rings is 1. The van der Waals surface area contributed by atoms with Crippen molar-refractivity contribution in [1.82, 2.24) is 10.4 Å². The number of amides is 1. The fraction of sp³-hybridized carbons (Fsp3) is 0.500. The van der Waals surface area contributed by atoms with Gasteiger partial charge in [0.05, 0.1) is 18.2 Å². The molecule has 1 spiro atoms. The summed E-state index contributed by atoms with van der Waals surface area (Å²) in [4.78, 5) is 32.7. The first-order chi connectivity index (χ1) is 16.5. The van der Waals surface area contributed by atoms with Gasteiger partial charge in [0.2, 0.25) is 5.79 Å². The molecule has 1 fully saturated rings. The summed E-state index contributed by atoms with van der Waals surface area (Å²) in [6.45, 7) is 2.59. The van der Waals surface area contributed by atoms with Crippen LogP contribution in [0.25, 0.3) is 0 Å². The number of hydrogen-bond donors (Lipinski definition) is 6. The van der Waals surface area contributed by atoms with E-state index in [1.165, 1.54) is 6.07 Å². The largest absolute Gasteiger partial charge is 0.510 e. The maximum Gasteiger partial charge on any atom is 0.253 e. The number of aliphatic hydroxyl groups is 3. The fourth-order valence-corrected chi connectivity index (χ4v) is 6.32. The number of primary amides is 1. The monoisotopic (exact) mass is 487 g/mol. The Morgan fingerprint density at radius 3 is 2.66 bits per heavy atom. The van der Waals surface area contributed by atoms with E-state index in [4.69, 9.17) is 15.3 Å². The van der Waals surface area contributed by atoms with Crippen molar-refractivity contribution < 1.29 is 39.6 Å². The Bertz CT molecular complexity index is 1210. The van der Waals surface area contributed by atoms with Gasteiger partial charge in [-0.25, -0.2) is 0 Å². The molecule has 1 saturated heterocycles. The van der Waals surface area contributed by atoms with E-state index in [1.54, 1.807) is 25.1 Å². The number of Topliss-reactive ketones (excluding diaryl/α,β-unsaturated/α-hetero) is 1. The van der Waals surface area contributed by atoms with Crippen LogP contribution in [0.2, 0.25) is 0 Å². The van der Waals surface area contributed by atoms with Crippen molar-refractivity contribution in [1.29, 1.82) is 0 Å². The lowest BCUT2D eigenvalue weighted by Crippen LogP contribution is -2.57. The van der Waals surface area contributed by atoms with Crippen LogP contribution >= 0.6 is 0 Å². The number of epoxide rings is 1. The van der Waals surface area contributed by atoms with Crippen LogP contribution in [0.3, 0.4) is 0 Å². The Morgan fingerprint density at radius 2 is 2.03 bits per heavy atom. The number of carbonyl (C=O) groups excluding carboxylic acids is 2. The second-order valence-corrected chi connectivity index (χ2v) is 9.70. The first kappa shape index (κ1) is 23.8. The van der Waals surface area contributed by atoms with Crippen LogP contribution in [0.4, 0.5) is 0 Å². The molecule has 11 heteroatoms. The topological polar surface area (TPSA) is 178 Å². The van der Waals surface area contributed by atoms with Crippen LogP contribution in [0.1, 0.15) is 34.8 Å². The number of carbonyl (C=O) groups is 2. The van der Waals surface area contributed by atoms with Crippen LogP contribution < -0.4 is 11.2 Å². The van der Waals surface area contributed by atoms with Gasteiger partial charge >= 0.3 is 0 Å². The minimum absolute atomic E-state index is 0.0256. The van der Waals surface area contributed by atoms with E-state index in [1.807, 2.05) is 6.92 Å². The Labute approximate surface area is 201 Å². The SMILES string of the molecule is CCONCc1ccc(O)c2c1C[C@H]1C[C@H]3[C@H](N(C)C)C(O)=C(C(N)=O)C4(O)O[C@]34C(O)=C1C2=O. The highest BCUT2D eigenvalue weighted by Gasteiger charge is 2.84. The van der Waals surface area contributed by atoms with Crippen molar-refractivity contribution >= 4 is 11.7 Å². The van der Waals surface area contributed by atoms with Gasteiger partial charge in [-0.3, -0.25) is 14.5 Å². The minimum atomic E-state index is -2.35. The van der Waals surface area contributed by atoms with Gasteiger partial charge in [-0.05, 0) is 57.0 Å². The molecule has 1 heterocycles. The second-order valence-electron chi connectivity index (χ2n) is 9.70. The van der Waals surface area contributed by atoms with Crippen LogP contribution in [0.15, 0.2) is 34.8 Å². The zero-order chi connectivity index (χ0) is 25.4. The first-order valence-electron chi connectivity index (χ1n) is 11.5. The third-order valence-electron chi connectivity index (χ3n) is 7.72. The van der Waals surface area contributed by atoms with Gasteiger partial charge in [0.1, 0.15) is 22.8 Å². The number of aliphatic hydroxyl groups excluding tert-OH is 2. The number of likely N-dealkylation sites (N-methyl/N-ethyl adjacent to an activating group) is 1. The highest BCUT2D eigenvalue weighted by Crippen LogP contribution is 2.68. The number of aromatic hydroxyl groups is 1. The van der Waals surface area contributed by atoms with Crippen LogP contribution in [0, 0.1) is 11.8 Å². The van der Waals surface area contributed by atoms with Crippen molar-refractivity contribution in [2.45, 2.75) is 43.7 Å². The number of ketones is 1. The average molecular weight is 488 g/mol. The van der Waals surface area contributed by atoms with Crippen LogP contribution in [-0.2, 0) is 27.3 Å². The lowest BCUT2D eigenvalue weighted by molar-refractivity contribution is -0.117. The van der Waals surface area contributed by atoms with Gasteiger partial charge in [-0.2, -0.15) is 5.48 Å². The molecule has 1 unspecified atom stereocenters. The summed E-state index contributed by atoms with van der Waals surface area (Å²) in [7, 11) is 3.38. The molecule has 0 radical (unpaired) electrons. The molecule has 7 N–H and O–H groups in total. The van der Waals surface area contributed by atoms with E-state index in [0.717, 1.165) is 5.56 Å². The molecular weight excluding hydrogens is 458 g/mol. The molecule has 0 bridgehead atoms. The molecular formula is C24H29N3O8. The number of allylic oxidation sites excluding steroid dienone is 1. The van der Waals surface area contributed by atoms with Crippen molar-refractivity contribution in [3.05, 3.63) is 51.5 Å². The van der Waals surface area contributed by atoms with Gasteiger partial charge in [0, 0.05) is 18.0 Å². The summed E-state index contributed by atoms with van der Waals surface area (Å²) in [6.07, 6.45) is 0.593. The number of hydrogen-bond acceptors (Lipinski definition) is 10. The summed E-state index contributed by atoms with van der Waals surface area (Å²) in [5.74, 6) is -6.30. The second kappa shape index (κ2) is 7.77. The molecule has 1 amide bonds. The molecule has 5 rings (SSSR count). The van der Waals surface area contributed by atoms with E-state index in [9.17, 15) is 30.0 Å². The number of ether oxygens (including phenoxy) is 1. The Balaban J connectivity index is 1.66. The van der Waals surface area contributed by atoms with Crippen LogP contribution in [-0.4, -0.2) is 75.1 Å². The standard InChI is InChI=1S/C24H29N3O8/c1-4-34-26-9-10-5-6-14(28)16-12(10)7-11-8-13-18(27(2)3)20(30)17(22(25)32)24(33)23(13,35-24)21(31)15(11)19(16)29/h5-6,11,13,18,26,28,30-31,33H,4,7-9H2,1-3H3,(H2,25,32)/t11-,13-,18-,23-,24?/m0/s1. The first-order valence-corrected chi connectivity index (χ1v) is 11.5. The Kier molecular flexibility index (Phi) is 5.28. The lowest BCUT2D eigenvalue weighted by Gasteiger charge is -2.46. The number of nitrogens with one attached hydrogen (secondary N) is 1. The predicted molar refractivity (Wildman–Crippen MR) is 121 cm³/mol. The molecule has 1 aliphatic heterocycles. The molecule has 35 heavy (non-hydrogen) atoms. The zero-order valence-electron chi connectivity index (χ0n) is 19.7. The maximum atomic E-state index is 13.7. The van der Waals surface area contributed by atoms with Crippen molar-refractivity contribution in [2.75, 3.05) is 20.7 Å². The smallest absolute Gasteiger partial charge is 0.253 e. The highest BCUT2D eigenvalue weighted by molar-refractivity contribution is 6.14. The molecule has 5 atom stereocenters. The summed E-state index contributed by atoms with van der Waals surface area (Å²) >= 11 is 0. The summed E-state index contributed by atoms with van der Waals surface area (Å²) in [5, 5.41) is 44.2. The summed E-state index contributed by atoms with van der Waals surface area (Å²) < 4.78 is 5.66. The third-order valence-corrected chi connectivity index (χ3v) is 7.72. The number of nitrogens with zero attached hydrogens (tertiary/aromatic N) is 1. The molecule has 3 aliphatic carbocycles. The van der Waals surface area contributed by atoms with Crippen molar-refractivity contribution in [3.63, 3.8) is 0 Å². The molecule has 188 valence electrons. The third kappa shape index (κ3) is 2.96. The highest BCUT2D eigenvalue weighted by atomic mass is 16.8. The quantitative estimate of drug-likeness (QED) is 0.186. The van der Waals surface area contributed by atoms with E-state index in [2.05, 4.69) is 5.48 Å². The predicted octanol–water partition coefficient (Wildman–Crippen LogP) is 0.319. The van der Waals surface area contributed by atoms with Gasteiger partial charge in [0.15, 0.2) is 11.4 Å². The number of phenols is 1. The Morgan fingerprint density at radius 1 is 1.31 bits per heavy atom. The van der Waals surface area contributed by atoms with E-state index in [-0.39, 0.29) is 23.3 Å². The number of fused-ring (bicyclic) bond motifs is 2. The molecule has 1 aromatic rings. The van der Waals surface area contributed by atoms with Gasteiger partial charge in [0.25, 0.3) is 5.91 Å². The lowest BCUT2D eigenvalue weighted by atomic mass is 9.60. The van der Waals surface area contributed by atoms with Crippen molar-refractivity contribution in [2.24, 2.45) is 17.6 Å². The fourth-order valence-electron chi connectivity index (χ4n) is 6.32. The van der Waals surface area contributed by atoms with Crippen molar-refractivity contribution in [3.8, 4) is 5.75 Å². The normalized spacial score (nSPS) is 33.3. The zero-order valence-corrected chi connectivity index (χ0v) is 19.7. The minimum Gasteiger partial charge on any atom is -0.510 e. The Hall–Kier alpha value is -2.96. The maximum absolute atomic E-state index is 13.7. The van der Waals surface area contributed by atoms with Crippen LogP contribution in [0.5, 0.6) is 5.75 Å². The number of hydroxylamine groups is 1. The number of rotatable bonds is 6. The van der Waals surface area contributed by atoms with Gasteiger partial charge < -0.3 is 35.7 Å². The van der Waals surface area contributed by atoms with E-state index >= 15 is 0 Å². The molecule has 4 aliphatic rings. The number of nitrogens with two attached hydrogens (primary N) is 1. The summed E-state index contributed by atoms with van der Waals surface area (Å²) in [6, 6.07) is 2.33. The van der Waals surface area contributed by atoms with Gasteiger partial charge in [-0.1, -0.05) is 6.07 Å². The number of phenolic OH excluding ortho intramolecular Hbond substituents is 1. The van der Waals surface area contributed by atoms with Gasteiger partial charge in [-0.15, -0.1) is 0 Å². The molecule has 11 nitrogen and oxygen atoms in total. The van der Waals surface area contributed by atoms with E-state index in [0.29, 0.717) is 25.1 Å². The molecule has 0 saturated carbocycles.